The first-order valence-corrected chi connectivity index (χ1v) is 4.57. The molecule has 0 saturated carbocycles. The van der Waals surface area contributed by atoms with Crippen LogP contribution < -0.4 is 0 Å². The van der Waals surface area contributed by atoms with Crippen molar-refractivity contribution in [3.05, 3.63) is 0 Å². The van der Waals surface area contributed by atoms with E-state index in [-0.39, 0.29) is 45.1 Å². The summed E-state index contributed by atoms with van der Waals surface area (Å²) in [6.07, 6.45) is 0. The Morgan fingerprint density at radius 1 is 1.60 bits per heavy atom. The summed E-state index contributed by atoms with van der Waals surface area (Å²) in [6, 6.07) is 0. The Bertz CT molecular complexity index is 19.1. The van der Waals surface area contributed by atoms with Crippen LogP contribution in [0.15, 0.2) is 0 Å². The van der Waals surface area contributed by atoms with Crippen molar-refractivity contribution >= 4 is 36.8 Å². The first kappa shape index (κ1) is 15.8. The van der Waals surface area contributed by atoms with Gasteiger partial charge in [-0.05, 0) is 0 Å². The third-order valence-corrected chi connectivity index (χ3v) is 0. The largest absolute Gasteiger partial charge is 0 e. The molecule has 1 nitrogen and oxygen atoms in total. The SMILES string of the molecule is O=P[SiH3].[LiH].[Zr]. The molecule has 0 heterocycles. The van der Waals surface area contributed by atoms with E-state index in [4.69, 9.17) is 4.57 Å². The average molecular weight is 177 g/mol. The molecule has 0 N–H and O–H groups in total. The summed E-state index contributed by atoms with van der Waals surface area (Å²) < 4.78 is 8.96. The Labute approximate surface area is 67.1 Å². The predicted molar refractivity (Wildman–Crippen MR) is 24.7 cm³/mol. The van der Waals surface area contributed by atoms with Gasteiger partial charge in [0, 0.05) is 26.2 Å². The zero-order valence-electron chi connectivity index (χ0n) is 2.36. The van der Waals surface area contributed by atoms with Gasteiger partial charge in [0.1, 0.15) is 17.9 Å². The molecule has 0 saturated heterocycles. The molecule has 0 aliphatic carbocycles. The minimum absolute atomic E-state index is 0. The smallest absolute Gasteiger partial charge is 0 e. The minimum Gasteiger partial charge on any atom is 0 e. The van der Waals surface area contributed by atoms with E-state index in [0.717, 1.165) is 9.91 Å². The van der Waals surface area contributed by atoms with Gasteiger partial charge in [-0.25, -0.2) is 0 Å². The van der Waals surface area contributed by atoms with Crippen LogP contribution in [0, 0.1) is 0 Å². The van der Waals surface area contributed by atoms with E-state index < -0.39 is 0 Å². The maximum absolute atomic E-state index is 8.96. The van der Waals surface area contributed by atoms with Crippen LogP contribution in [-0.2, 0) is 30.8 Å². The third-order valence-electron chi connectivity index (χ3n) is 0. The van der Waals surface area contributed by atoms with Crippen molar-refractivity contribution in [3.8, 4) is 0 Å². The van der Waals surface area contributed by atoms with Gasteiger partial charge in [-0.15, -0.1) is 0 Å². The second-order valence-corrected chi connectivity index (χ2v) is 1.64. The van der Waals surface area contributed by atoms with E-state index in [0.29, 0.717) is 8.01 Å². The Balaban J connectivity index is -0.0000000200. The van der Waals surface area contributed by atoms with Crippen molar-refractivity contribution in [3.63, 3.8) is 0 Å². The first-order valence-electron chi connectivity index (χ1n) is 0.630. The summed E-state index contributed by atoms with van der Waals surface area (Å²) in [5.74, 6) is 0. The van der Waals surface area contributed by atoms with Crippen LogP contribution in [0.25, 0.3) is 0 Å². The van der Waals surface area contributed by atoms with Crippen molar-refractivity contribution in [1.82, 2.24) is 0 Å². The van der Waals surface area contributed by atoms with Crippen LogP contribution in [-0.4, -0.2) is 28.8 Å². The van der Waals surface area contributed by atoms with Gasteiger partial charge < -0.3 is 0 Å². The average Bonchev–Trinajstić information content (AvgIpc) is 0.918. The van der Waals surface area contributed by atoms with Gasteiger partial charge in [0.2, 0.25) is 0 Å². The molecule has 0 atom stereocenters. The molecule has 0 spiro atoms. The van der Waals surface area contributed by atoms with Crippen LogP contribution in [0.2, 0.25) is 0 Å². The number of hydrogen-bond donors (Lipinski definition) is 0. The summed E-state index contributed by atoms with van der Waals surface area (Å²) >= 11 is 0. The van der Waals surface area contributed by atoms with Gasteiger partial charge in [0.25, 0.3) is 0 Å². The van der Waals surface area contributed by atoms with Gasteiger partial charge in [-0.1, -0.05) is 0 Å². The zero-order chi connectivity index (χ0) is 2.71. The van der Waals surface area contributed by atoms with Gasteiger partial charge in [-0.3, -0.25) is 4.57 Å². The zero-order valence-corrected chi connectivity index (χ0v) is 7.71. The second-order valence-electron chi connectivity index (χ2n) is 0.183. The van der Waals surface area contributed by atoms with Crippen molar-refractivity contribution in [2.24, 2.45) is 0 Å². The van der Waals surface area contributed by atoms with E-state index in [9.17, 15) is 0 Å². The normalized spacial score (nSPS) is 4.80. The maximum atomic E-state index is 8.96. The molecule has 0 aromatic rings. The molecule has 24 valence electrons. The fraction of sp³-hybridized carbons (Fsp3) is 0. The van der Waals surface area contributed by atoms with E-state index in [1.165, 1.54) is 0 Å². The Morgan fingerprint density at radius 2 is 1.60 bits per heavy atom. The van der Waals surface area contributed by atoms with Gasteiger partial charge in [-0.2, -0.15) is 0 Å². The fourth-order valence-electron chi connectivity index (χ4n) is 0. The summed E-state index contributed by atoms with van der Waals surface area (Å²) in [7, 11) is 1.09. The molecule has 0 aromatic carbocycles. The second kappa shape index (κ2) is 17.1. The topological polar surface area (TPSA) is 17.1 Å². The molecule has 5 heavy (non-hydrogen) atoms. The monoisotopic (exact) mass is 176 g/mol. The van der Waals surface area contributed by atoms with E-state index >= 15 is 0 Å². The van der Waals surface area contributed by atoms with Crippen molar-refractivity contribution in [2.75, 3.05) is 0 Å². The van der Waals surface area contributed by atoms with Crippen molar-refractivity contribution < 1.29 is 30.8 Å². The molecular weight excluding hydrogens is 173 g/mol. The molecule has 0 aliphatic heterocycles. The summed E-state index contributed by atoms with van der Waals surface area (Å²) in [5, 5.41) is 0. The molecule has 0 aromatic heterocycles. The number of rotatable bonds is 0. The molecule has 0 amide bonds. The molecule has 0 aliphatic rings. The van der Waals surface area contributed by atoms with Crippen molar-refractivity contribution in [1.29, 1.82) is 0 Å². The van der Waals surface area contributed by atoms with E-state index in [1.807, 2.05) is 0 Å². The molecule has 0 unspecified atom stereocenters. The Kier molecular flexibility index (Phi) is 54.0. The first-order chi connectivity index (χ1) is 1.41. The van der Waals surface area contributed by atoms with Crippen LogP contribution in [0.3, 0.4) is 0 Å². The third kappa shape index (κ3) is 25.9. The molecule has 0 fully saturated rings. The quantitative estimate of drug-likeness (QED) is 0.339. The minimum atomic E-state index is 0. The van der Waals surface area contributed by atoms with Crippen LogP contribution in [0.5, 0.6) is 0 Å². The van der Waals surface area contributed by atoms with E-state index in [2.05, 4.69) is 0 Å². The molecule has 0 bridgehead atoms. The van der Waals surface area contributed by atoms with E-state index in [1.54, 1.807) is 0 Å². The van der Waals surface area contributed by atoms with Crippen LogP contribution in [0.1, 0.15) is 0 Å². The van der Waals surface area contributed by atoms with Gasteiger partial charge >= 0.3 is 18.9 Å². The van der Waals surface area contributed by atoms with Crippen LogP contribution >= 0.6 is 8.01 Å². The molecule has 0 radical (unpaired) electrons. The summed E-state index contributed by atoms with van der Waals surface area (Å²) in [5.41, 5.74) is 0. The Hall–Kier alpha value is 1.80. The van der Waals surface area contributed by atoms with Gasteiger partial charge in [0.15, 0.2) is 0 Å². The van der Waals surface area contributed by atoms with Gasteiger partial charge in [0.05, 0.1) is 0 Å². The summed E-state index contributed by atoms with van der Waals surface area (Å²) in [6.45, 7) is 0. The van der Waals surface area contributed by atoms with Crippen LogP contribution in [0.4, 0.5) is 0 Å². The maximum Gasteiger partial charge on any atom is 0 e. The summed E-state index contributed by atoms with van der Waals surface area (Å²) in [4.78, 5) is 0. The number of hydrogen-bond acceptors (Lipinski definition) is 1. The molecular formula is H4LiOPSiZr. The fourth-order valence-corrected chi connectivity index (χ4v) is 0. The molecule has 5 heteroatoms. The van der Waals surface area contributed by atoms with Crippen molar-refractivity contribution in [2.45, 2.75) is 0 Å². The Morgan fingerprint density at radius 3 is 1.60 bits per heavy atom. The molecule has 0 rings (SSSR count). The predicted octanol–water partition coefficient (Wildman–Crippen LogP) is -1.09. The standard InChI is InChI=1S/Li.H3OPSi.Zr.H/c;1-2-3;;/h;3H3;;.